The number of fused-ring (bicyclic) bond motifs is 1. The second-order valence-electron chi connectivity index (χ2n) is 7.36. The minimum Gasteiger partial charge on any atom is -0.478 e. The Morgan fingerprint density at radius 2 is 1.63 bits per heavy atom. The third-order valence-corrected chi connectivity index (χ3v) is 7.50. The summed E-state index contributed by atoms with van der Waals surface area (Å²) in [6.45, 7) is 0.972. The molecule has 8 heteroatoms. The van der Waals surface area contributed by atoms with Gasteiger partial charge in [0.05, 0.1) is 21.7 Å². The van der Waals surface area contributed by atoms with Crippen LogP contribution in [0.4, 0.5) is 0 Å². The molecule has 4 rings (SSSR count). The molecule has 0 saturated carbocycles. The van der Waals surface area contributed by atoms with Crippen LogP contribution >= 0.6 is 11.6 Å². The summed E-state index contributed by atoms with van der Waals surface area (Å²) in [7, 11) is -3.69. The van der Waals surface area contributed by atoms with E-state index in [1.807, 2.05) is 0 Å². The standard InChI is InChI=1S/C22H21ClN2O4S/c23-16-7-5-15(6-8-16)21-14-19(22(26)27)18-13-17(9-10-20(18)24-21)30(28,29)25-11-3-1-2-4-12-25/h5-10,13-14H,1-4,11-12H2,(H,26,27). The third-order valence-electron chi connectivity index (χ3n) is 5.35. The number of carboxylic acid groups (broad SMARTS) is 1. The normalized spacial score (nSPS) is 15.8. The smallest absolute Gasteiger partial charge is 0.336 e. The van der Waals surface area contributed by atoms with Gasteiger partial charge in [-0.15, -0.1) is 0 Å². The first-order valence-corrected chi connectivity index (χ1v) is 11.6. The van der Waals surface area contributed by atoms with Crippen molar-refractivity contribution in [2.75, 3.05) is 13.1 Å². The van der Waals surface area contributed by atoms with Crippen molar-refractivity contribution in [3.63, 3.8) is 0 Å². The minimum absolute atomic E-state index is 0.0119. The second kappa shape index (κ2) is 8.34. The number of hydrogen-bond acceptors (Lipinski definition) is 4. The lowest BCUT2D eigenvalue weighted by atomic mass is 10.0. The molecule has 2 heterocycles. The lowest BCUT2D eigenvalue weighted by Gasteiger charge is -2.20. The van der Waals surface area contributed by atoms with Crippen molar-refractivity contribution in [2.45, 2.75) is 30.6 Å². The van der Waals surface area contributed by atoms with Gasteiger partial charge in [-0.3, -0.25) is 0 Å². The number of aromatic nitrogens is 1. The molecule has 0 spiro atoms. The van der Waals surface area contributed by atoms with Crippen LogP contribution in [0.1, 0.15) is 36.0 Å². The Kier molecular flexibility index (Phi) is 5.77. The quantitative estimate of drug-likeness (QED) is 0.623. The van der Waals surface area contributed by atoms with Crippen LogP contribution in [0.15, 0.2) is 53.4 Å². The molecule has 0 amide bonds. The van der Waals surface area contributed by atoms with E-state index < -0.39 is 16.0 Å². The Morgan fingerprint density at radius 3 is 2.27 bits per heavy atom. The summed E-state index contributed by atoms with van der Waals surface area (Å²) in [6, 6.07) is 12.9. The molecule has 0 aliphatic carbocycles. The van der Waals surface area contributed by atoms with Crippen molar-refractivity contribution in [1.29, 1.82) is 0 Å². The number of nitrogens with zero attached hydrogens (tertiary/aromatic N) is 2. The molecule has 0 atom stereocenters. The number of benzene rings is 2. The van der Waals surface area contributed by atoms with Gasteiger partial charge in [-0.2, -0.15) is 4.31 Å². The Labute approximate surface area is 180 Å². The molecule has 1 saturated heterocycles. The molecule has 0 unspecified atom stereocenters. The summed E-state index contributed by atoms with van der Waals surface area (Å²) >= 11 is 5.93. The number of hydrogen-bond donors (Lipinski definition) is 1. The van der Waals surface area contributed by atoms with E-state index in [0.29, 0.717) is 34.7 Å². The maximum absolute atomic E-state index is 13.1. The number of rotatable bonds is 4. The van der Waals surface area contributed by atoms with Gasteiger partial charge in [0, 0.05) is 29.1 Å². The highest BCUT2D eigenvalue weighted by atomic mass is 35.5. The topological polar surface area (TPSA) is 87.6 Å². The van der Waals surface area contributed by atoms with Gasteiger partial charge in [-0.1, -0.05) is 36.6 Å². The van der Waals surface area contributed by atoms with Gasteiger partial charge in [0.2, 0.25) is 10.0 Å². The van der Waals surface area contributed by atoms with E-state index in [-0.39, 0.29) is 10.5 Å². The Bertz CT molecular complexity index is 1200. The van der Waals surface area contributed by atoms with E-state index in [4.69, 9.17) is 11.6 Å². The Morgan fingerprint density at radius 1 is 0.967 bits per heavy atom. The molecular formula is C22H21ClN2O4S. The summed E-state index contributed by atoms with van der Waals surface area (Å²) < 4.78 is 27.8. The zero-order chi connectivity index (χ0) is 21.3. The van der Waals surface area contributed by atoms with Crippen LogP contribution in [0.5, 0.6) is 0 Å². The summed E-state index contributed by atoms with van der Waals surface area (Å²) in [6.07, 6.45) is 3.70. The summed E-state index contributed by atoms with van der Waals surface area (Å²) in [5.74, 6) is -1.14. The number of halogens is 1. The fourth-order valence-corrected chi connectivity index (χ4v) is 5.41. The van der Waals surface area contributed by atoms with Crippen LogP contribution in [0, 0.1) is 0 Å². The molecular weight excluding hydrogens is 424 g/mol. The molecule has 1 aliphatic heterocycles. The summed E-state index contributed by atoms with van der Waals surface area (Å²) in [4.78, 5) is 16.6. The van der Waals surface area contributed by atoms with Crippen molar-refractivity contribution in [3.05, 3.63) is 59.1 Å². The largest absolute Gasteiger partial charge is 0.478 e. The third kappa shape index (κ3) is 4.05. The van der Waals surface area contributed by atoms with Crippen molar-refractivity contribution in [2.24, 2.45) is 0 Å². The van der Waals surface area contributed by atoms with Gasteiger partial charge < -0.3 is 5.11 Å². The predicted molar refractivity (Wildman–Crippen MR) is 116 cm³/mol. The SMILES string of the molecule is O=C(O)c1cc(-c2ccc(Cl)cc2)nc2ccc(S(=O)(=O)N3CCCCCC3)cc12. The first-order valence-electron chi connectivity index (χ1n) is 9.80. The highest BCUT2D eigenvalue weighted by Crippen LogP contribution is 2.29. The van der Waals surface area contributed by atoms with Gasteiger partial charge in [0.25, 0.3) is 0 Å². The van der Waals surface area contributed by atoms with E-state index in [1.54, 1.807) is 30.3 Å². The fourth-order valence-electron chi connectivity index (χ4n) is 3.74. The van der Waals surface area contributed by atoms with Crippen LogP contribution in [0.25, 0.3) is 22.2 Å². The maximum Gasteiger partial charge on any atom is 0.336 e. The number of pyridine rings is 1. The fraction of sp³-hybridized carbons (Fsp3) is 0.273. The van der Waals surface area contributed by atoms with Gasteiger partial charge >= 0.3 is 5.97 Å². The Balaban J connectivity index is 1.82. The zero-order valence-corrected chi connectivity index (χ0v) is 17.8. The molecule has 6 nitrogen and oxygen atoms in total. The summed E-state index contributed by atoms with van der Waals surface area (Å²) in [5.41, 5.74) is 1.65. The zero-order valence-electron chi connectivity index (χ0n) is 16.2. The molecule has 1 N–H and O–H groups in total. The van der Waals surface area contributed by atoms with Crippen LogP contribution in [-0.2, 0) is 10.0 Å². The van der Waals surface area contributed by atoms with Crippen molar-refractivity contribution >= 4 is 38.5 Å². The number of carboxylic acids is 1. The van der Waals surface area contributed by atoms with E-state index in [1.165, 1.54) is 22.5 Å². The molecule has 0 bridgehead atoms. The molecule has 1 aromatic heterocycles. The Hall–Kier alpha value is -2.48. The van der Waals surface area contributed by atoms with Crippen molar-refractivity contribution in [3.8, 4) is 11.3 Å². The van der Waals surface area contributed by atoms with Gasteiger partial charge in [-0.05, 0) is 49.2 Å². The van der Waals surface area contributed by atoms with Crippen LogP contribution in [0.2, 0.25) is 5.02 Å². The second-order valence-corrected chi connectivity index (χ2v) is 9.74. The molecule has 0 radical (unpaired) electrons. The number of carbonyl (C=O) groups is 1. The van der Waals surface area contributed by atoms with Gasteiger partial charge in [0.15, 0.2) is 0 Å². The van der Waals surface area contributed by atoms with E-state index in [9.17, 15) is 18.3 Å². The van der Waals surface area contributed by atoms with E-state index >= 15 is 0 Å². The predicted octanol–water partition coefficient (Wildman–Crippen LogP) is 4.82. The van der Waals surface area contributed by atoms with Crippen LogP contribution in [-0.4, -0.2) is 41.9 Å². The molecule has 1 aliphatic rings. The number of sulfonamides is 1. The molecule has 3 aromatic rings. The van der Waals surface area contributed by atoms with E-state index in [2.05, 4.69) is 4.98 Å². The van der Waals surface area contributed by atoms with Gasteiger partial charge in [0.1, 0.15) is 0 Å². The van der Waals surface area contributed by atoms with Crippen LogP contribution < -0.4 is 0 Å². The van der Waals surface area contributed by atoms with Crippen LogP contribution in [0.3, 0.4) is 0 Å². The number of aromatic carboxylic acids is 1. The average molecular weight is 445 g/mol. The summed E-state index contributed by atoms with van der Waals surface area (Å²) in [5, 5.41) is 10.6. The van der Waals surface area contributed by atoms with Gasteiger partial charge in [-0.25, -0.2) is 18.2 Å². The minimum atomic E-state index is -3.69. The monoisotopic (exact) mass is 444 g/mol. The first kappa shape index (κ1) is 20.8. The molecule has 2 aromatic carbocycles. The van der Waals surface area contributed by atoms with Crippen molar-refractivity contribution < 1.29 is 18.3 Å². The highest BCUT2D eigenvalue weighted by molar-refractivity contribution is 7.89. The highest BCUT2D eigenvalue weighted by Gasteiger charge is 2.26. The first-order chi connectivity index (χ1) is 14.4. The molecule has 1 fully saturated rings. The van der Waals surface area contributed by atoms with Crippen molar-refractivity contribution in [1.82, 2.24) is 9.29 Å². The average Bonchev–Trinajstić information content (AvgIpc) is 3.03. The van der Waals surface area contributed by atoms with E-state index in [0.717, 1.165) is 31.2 Å². The lowest BCUT2D eigenvalue weighted by Crippen LogP contribution is -2.31. The molecule has 156 valence electrons. The molecule has 30 heavy (non-hydrogen) atoms. The lowest BCUT2D eigenvalue weighted by molar-refractivity contribution is 0.0699. The maximum atomic E-state index is 13.1.